The molecule has 1 aromatic rings. The summed E-state index contributed by atoms with van der Waals surface area (Å²) in [6, 6.07) is 8.01. The first kappa shape index (κ1) is 13.7. The zero-order valence-electron chi connectivity index (χ0n) is 10.2. The van der Waals surface area contributed by atoms with Gasteiger partial charge in [-0.15, -0.1) is 0 Å². The molecule has 0 spiro atoms. The van der Waals surface area contributed by atoms with Crippen LogP contribution in [0.2, 0.25) is 0 Å². The van der Waals surface area contributed by atoms with Crippen molar-refractivity contribution >= 4 is 0 Å². The van der Waals surface area contributed by atoms with E-state index < -0.39 is 0 Å². The van der Waals surface area contributed by atoms with E-state index in [9.17, 15) is 0 Å². The summed E-state index contributed by atoms with van der Waals surface area (Å²) >= 11 is 0. The van der Waals surface area contributed by atoms with E-state index >= 15 is 0 Å². The van der Waals surface area contributed by atoms with Crippen LogP contribution in [0.3, 0.4) is 0 Å². The van der Waals surface area contributed by atoms with Gasteiger partial charge in [0.25, 0.3) is 0 Å². The predicted octanol–water partition coefficient (Wildman–Crippen LogP) is 1.55. The minimum atomic E-state index is 0.393. The number of hydrogen-bond donors (Lipinski definition) is 1. The Morgan fingerprint density at radius 2 is 1.94 bits per heavy atom. The molecule has 0 bridgehead atoms. The van der Waals surface area contributed by atoms with Crippen molar-refractivity contribution in [2.24, 2.45) is 5.73 Å². The summed E-state index contributed by atoms with van der Waals surface area (Å²) < 4.78 is 10.4. The van der Waals surface area contributed by atoms with Gasteiger partial charge in [0, 0.05) is 25.9 Å². The van der Waals surface area contributed by atoms with Gasteiger partial charge in [0.1, 0.15) is 0 Å². The van der Waals surface area contributed by atoms with Crippen molar-refractivity contribution in [3.05, 3.63) is 35.4 Å². The van der Waals surface area contributed by atoms with Crippen LogP contribution in [-0.2, 0) is 16.1 Å². The first-order chi connectivity index (χ1) is 8.36. The van der Waals surface area contributed by atoms with Gasteiger partial charge in [-0.1, -0.05) is 24.0 Å². The average molecular weight is 233 g/mol. The molecule has 2 N–H and O–H groups in total. The Balaban J connectivity index is 2.30. The van der Waals surface area contributed by atoms with Gasteiger partial charge in [-0.05, 0) is 24.1 Å². The molecule has 0 saturated heterocycles. The fraction of sp³-hybridized carbons (Fsp3) is 0.429. The van der Waals surface area contributed by atoms with Gasteiger partial charge in [0.2, 0.25) is 0 Å². The zero-order chi connectivity index (χ0) is 12.3. The summed E-state index contributed by atoms with van der Waals surface area (Å²) in [5.41, 5.74) is 7.45. The second kappa shape index (κ2) is 8.77. The van der Waals surface area contributed by atoms with Crippen LogP contribution in [0.5, 0.6) is 0 Å². The minimum absolute atomic E-state index is 0.393. The van der Waals surface area contributed by atoms with Crippen LogP contribution in [0.4, 0.5) is 0 Å². The minimum Gasteiger partial charge on any atom is -0.385 e. The lowest BCUT2D eigenvalue weighted by atomic mass is 10.1. The molecule has 0 radical (unpaired) electrons. The van der Waals surface area contributed by atoms with Gasteiger partial charge in [-0.3, -0.25) is 0 Å². The van der Waals surface area contributed by atoms with Crippen molar-refractivity contribution in [1.29, 1.82) is 0 Å². The lowest BCUT2D eigenvalue weighted by Crippen LogP contribution is -1.99. The molecular weight excluding hydrogens is 214 g/mol. The maximum atomic E-state index is 5.51. The Bertz CT molecular complexity index is 362. The van der Waals surface area contributed by atoms with Gasteiger partial charge in [0.05, 0.1) is 13.2 Å². The molecule has 0 aromatic heterocycles. The monoisotopic (exact) mass is 233 g/mol. The molecule has 0 amide bonds. The quantitative estimate of drug-likeness (QED) is 0.599. The van der Waals surface area contributed by atoms with Crippen LogP contribution in [0.25, 0.3) is 0 Å². The molecule has 17 heavy (non-hydrogen) atoms. The van der Waals surface area contributed by atoms with E-state index in [1.807, 2.05) is 24.3 Å². The van der Waals surface area contributed by atoms with E-state index in [1.54, 1.807) is 7.11 Å². The van der Waals surface area contributed by atoms with E-state index in [0.717, 1.165) is 30.8 Å². The predicted molar refractivity (Wildman–Crippen MR) is 68.5 cm³/mol. The fourth-order valence-corrected chi connectivity index (χ4v) is 1.33. The summed E-state index contributed by atoms with van der Waals surface area (Å²) in [5.74, 6) is 5.81. The van der Waals surface area contributed by atoms with Crippen molar-refractivity contribution in [3.8, 4) is 11.8 Å². The lowest BCUT2D eigenvalue weighted by Gasteiger charge is -2.04. The highest BCUT2D eigenvalue weighted by Gasteiger charge is 1.93. The van der Waals surface area contributed by atoms with E-state index in [-0.39, 0.29) is 0 Å². The van der Waals surface area contributed by atoms with Crippen molar-refractivity contribution < 1.29 is 9.47 Å². The standard InChI is InChI=1S/C14H19NO2/c1-16-10-3-11-17-12-14-7-5-13(6-8-14)4-2-9-15/h5-8H,3,9-12,15H2,1H3. The van der Waals surface area contributed by atoms with Crippen molar-refractivity contribution in [2.75, 3.05) is 26.9 Å². The Kier molecular flexibility index (Phi) is 7.08. The Morgan fingerprint density at radius 1 is 1.18 bits per heavy atom. The van der Waals surface area contributed by atoms with Crippen LogP contribution < -0.4 is 5.73 Å². The highest BCUT2D eigenvalue weighted by atomic mass is 16.5. The van der Waals surface area contributed by atoms with Crippen LogP contribution in [-0.4, -0.2) is 26.9 Å². The molecule has 0 aliphatic carbocycles. The highest BCUT2D eigenvalue weighted by molar-refractivity contribution is 5.36. The van der Waals surface area contributed by atoms with E-state index in [0.29, 0.717) is 13.2 Å². The Morgan fingerprint density at radius 3 is 2.59 bits per heavy atom. The summed E-state index contributed by atoms with van der Waals surface area (Å²) in [6.45, 7) is 2.49. The van der Waals surface area contributed by atoms with Crippen LogP contribution in [0.1, 0.15) is 17.5 Å². The average Bonchev–Trinajstić information content (AvgIpc) is 2.37. The third-order valence-corrected chi connectivity index (χ3v) is 2.19. The largest absolute Gasteiger partial charge is 0.385 e. The summed E-state index contributed by atoms with van der Waals surface area (Å²) in [5, 5.41) is 0. The first-order valence-corrected chi connectivity index (χ1v) is 5.71. The van der Waals surface area contributed by atoms with Gasteiger partial charge in [-0.25, -0.2) is 0 Å². The lowest BCUT2D eigenvalue weighted by molar-refractivity contribution is 0.0928. The molecule has 1 aromatic carbocycles. The molecule has 0 saturated carbocycles. The molecule has 0 fully saturated rings. The van der Waals surface area contributed by atoms with E-state index in [1.165, 1.54) is 0 Å². The molecule has 1 rings (SSSR count). The maximum Gasteiger partial charge on any atom is 0.0716 e. The molecular formula is C14H19NO2. The molecule has 3 nitrogen and oxygen atoms in total. The number of ether oxygens (including phenoxy) is 2. The van der Waals surface area contributed by atoms with Crippen LogP contribution in [0, 0.1) is 11.8 Å². The molecule has 0 unspecified atom stereocenters. The van der Waals surface area contributed by atoms with Crippen molar-refractivity contribution in [2.45, 2.75) is 13.0 Å². The van der Waals surface area contributed by atoms with Crippen LogP contribution in [0.15, 0.2) is 24.3 Å². The normalized spacial score (nSPS) is 9.76. The molecule has 3 heteroatoms. The zero-order valence-corrected chi connectivity index (χ0v) is 10.2. The van der Waals surface area contributed by atoms with Gasteiger partial charge >= 0.3 is 0 Å². The Labute approximate surface area is 103 Å². The van der Waals surface area contributed by atoms with Gasteiger partial charge in [-0.2, -0.15) is 0 Å². The molecule has 0 heterocycles. The first-order valence-electron chi connectivity index (χ1n) is 5.71. The maximum absolute atomic E-state index is 5.51. The summed E-state index contributed by atoms with van der Waals surface area (Å²) in [7, 11) is 1.70. The molecule has 92 valence electrons. The molecule has 0 atom stereocenters. The number of nitrogens with two attached hydrogens (primary N) is 1. The van der Waals surface area contributed by atoms with Gasteiger partial charge in [0.15, 0.2) is 0 Å². The van der Waals surface area contributed by atoms with E-state index in [2.05, 4.69) is 11.8 Å². The highest BCUT2D eigenvalue weighted by Crippen LogP contribution is 2.05. The SMILES string of the molecule is COCCCOCc1ccc(C#CCN)cc1. The second-order valence-corrected chi connectivity index (χ2v) is 3.60. The third-order valence-electron chi connectivity index (χ3n) is 2.19. The topological polar surface area (TPSA) is 44.5 Å². The number of hydrogen-bond acceptors (Lipinski definition) is 3. The smallest absolute Gasteiger partial charge is 0.0716 e. The summed E-state index contributed by atoms with van der Waals surface area (Å²) in [6.07, 6.45) is 0.927. The number of benzene rings is 1. The van der Waals surface area contributed by atoms with Gasteiger partial charge < -0.3 is 15.2 Å². The van der Waals surface area contributed by atoms with Crippen molar-refractivity contribution in [3.63, 3.8) is 0 Å². The van der Waals surface area contributed by atoms with Crippen LogP contribution >= 0.6 is 0 Å². The Hall–Kier alpha value is -1.34. The number of methoxy groups -OCH3 is 1. The molecule has 0 aliphatic rings. The molecule has 0 aliphatic heterocycles. The number of rotatable bonds is 6. The summed E-state index contributed by atoms with van der Waals surface area (Å²) in [4.78, 5) is 0. The fourth-order valence-electron chi connectivity index (χ4n) is 1.33. The van der Waals surface area contributed by atoms with E-state index in [4.69, 9.17) is 15.2 Å². The third kappa shape index (κ3) is 6.08. The second-order valence-electron chi connectivity index (χ2n) is 3.60. The van der Waals surface area contributed by atoms with Crippen molar-refractivity contribution in [1.82, 2.24) is 0 Å².